The summed E-state index contributed by atoms with van der Waals surface area (Å²) in [6.45, 7) is 3.85. The normalized spacial score (nSPS) is 16.9. The van der Waals surface area contributed by atoms with Gasteiger partial charge in [0, 0.05) is 17.1 Å². The molecule has 0 aromatic heterocycles. The lowest BCUT2D eigenvalue weighted by Gasteiger charge is -2.16. The van der Waals surface area contributed by atoms with Crippen LogP contribution < -0.4 is 10.2 Å². The number of halogens is 1. The Bertz CT molecular complexity index is 901. The Balaban J connectivity index is 1.68. The lowest BCUT2D eigenvalue weighted by molar-refractivity contribution is -0.121. The van der Waals surface area contributed by atoms with Gasteiger partial charge in [0.15, 0.2) is 0 Å². The molecular formula is C19H17ClN2O2S2. The standard InChI is InChI=1S/C19H17ClN2O2S2/c1-11-4-3-5-14(8-11)22-18(24)16(26-19(22)25)10-17(23)21-13-7-6-12(2)15(20)9-13/h3-9,16H,10H2,1-2H3,(H,21,23). The van der Waals surface area contributed by atoms with Gasteiger partial charge >= 0.3 is 0 Å². The van der Waals surface area contributed by atoms with Crippen LogP contribution in [0.3, 0.4) is 0 Å². The number of benzene rings is 2. The van der Waals surface area contributed by atoms with Crippen molar-refractivity contribution in [2.45, 2.75) is 25.5 Å². The summed E-state index contributed by atoms with van der Waals surface area (Å²) in [5.41, 5.74) is 3.32. The zero-order valence-corrected chi connectivity index (χ0v) is 16.7. The lowest BCUT2D eigenvalue weighted by Crippen LogP contribution is -2.32. The van der Waals surface area contributed by atoms with E-state index in [-0.39, 0.29) is 18.2 Å². The van der Waals surface area contributed by atoms with Crippen molar-refractivity contribution in [1.82, 2.24) is 0 Å². The zero-order valence-electron chi connectivity index (χ0n) is 14.3. The van der Waals surface area contributed by atoms with Crippen LogP contribution in [-0.4, -0.2) is 21.4 Å². The molecule has 134 valence electrons. The van der Waals surface area contributed by atoms with E-state index in [1.807, 2.05) is 44.2 Å². The Morgan fingerprint density at radius 2 is 2.04 bits per heavy atom. The van der Waals surface area contributed by atoms with Crippen LogP contribution >= 0.6 is 35.6 Å². The SMILES string of the molecule is Cc1cccc(N2C(=O)C(CC(=O)Nc3ccc(C)c(Cl)c3)SC2=S)c1. The van der Waals surface area contributed by atoms with E-state index in [0.29, 0.717) is 15.0 Å². The highest BCUT2D eigenvalue weighted by Crippen LogP contribution is 2.34. The third-order valence-corrected chi connectivity index (χ3v) is 5.92. The van der Waals surface area contributed by atoms with E-state index in [1.165, 1.54) is 16.7 Å². The number of amides is 2. The van der Waals surface area contributed by atoms with E-state index in [9.17, 15) is 9.59 Å². The first-order valence-corrected chi connectivity index (χ1v) is 9.69. The number of carbonyl (C=O) groups excluding carboxylic acids is 2. The molecule has 0 bridgehead atoms. The number of nitrogens with one attached hydrogen (secondary N) is 1. The molecule has 1 aliphatic rings. The van der Waals surface area contributed by atoms with Gasteiger partial charge in [-0.05, 0) is 49.2 Å². The van der Waals surface area contributed by atoms with Gasteiger partial charge in [0.25, 0.3) is 0 Å². The molecule has 7 heteroatoms. The molecule has 1 aliphatic heterocycles. The third-order valence-electron chi connectivity index (χ3n) is 4.01. The van der Waals surface area contributed by atoms with E-state index >= 15 is 0 Å². The van der Waals surface area contributed by atoms with Gasteiger partial charge in [-0.25, -0.2) is 0 Å². The van der Waals surface area contributed by atoms with Crippen LogP contribution in [-0.2, 0) is 9.59 Å². The van der Waals surface area contributed by atoms with E-state index in [4.69, 9.17) is 23.8 Å². The topological polar surface area (TPSA) is 49.4 Å². The van der Waals surface area contributed by atoms with Crippen LogP contribution in [0, 0.1) is 13.8 Å². The first kappa shape index (κ1) is 18.9. The molecule has 1 heterocycles. The van der Waals surface area contributed by atoms with Crippen LogP contribution in [0.4, 0.5) is 11.4 Å². The molecule has 0 saturated carbocycles. The van der Waals surface area contributed by atoms with Gasteiger partial charge in [0.2, 0.25) is 11.8 Å². The predicted molar refractivity (Wildman–Crippen MR) is 112 cm³/mol. The number of nitrogens with zero attached hydrogens (tertiary/aromatic N) is 1. The largest absolute Gasteiger partial charge is 0.326 e. The molecule has 26 heavy (non-hydrogen) atoms. The van der Waals surface area contributed by atoms with Gasteiger partial charge in [-0.15, -0.1) is 0 Å². The summed E-state index contributed by atoms with van der Waals surface area (Å²) in [4.78, 5) is 26.6. The summed E-state index contributed by atoms with van der Waals surface area (Å²) >= 11 is 12.7. The Morgan fingerprint density at radius 1 is 1.27 bits per heavy atom. The smallest absolute Gasteiger partial charge is 0.246 e. The van der Waals surface area contributed by atoms with E-state index in [0.717, 1.165) is 16.8 Å². The van der Waals surface area contributed by atoms with Crippen LogP contribution in [0.25, 0.3) is 0 Å². The second-order valence-electron chi connectivity index (χ2n) is 6.10. The first-order chi connectivity index (χ1) is 12.3. The maximum atomic E-state index is 12.7. The van der Waals surface area contributed by atoms with Gasteiger partial charge in [-0.3, -0.25) is 14.5 Å². The molecule has 2 aromatic carbocycles. The molecule has 0 radical (unpaired) electrons. The highest BCUT2D eigenvalue weighted by molar-refractivity contribution is 8.25. The number of aryl methyl sites for hydroxylation is 2. The number of hydrogen-bond donors (Lipinski definition) is 1. The number of anilines is 2. The Kier molecular flexibility index (Phi) is 5.65. The maximum Gasteiger partial charge on any atom is 0.246 e. The minimum Gasteiger partial charge on any atom is -0.326 e. The van der Waals surface area contributed by atoms with Gasteiger partial charge in [-0.2, -0.15) is 0 Å². The summed E-state index contributed by atoms with van der Waals surface area (Å²) in [6, 6.07) is 12.9. The number of thiocarbonyl (C=S) groups is 1. The second kappa shape index (κ2) is 7.78. The fourth-order valence-corrected chi connectivity index (χ4v) is 4.35. The Morgan fingerprint density at radius 3 is 2.73 bits per heavy atom. The summed E-state index contributed by atoms with van der Waals surface area (Å²) < 4.78 is 0.469. The van der Waals surface area contributed by atoms with Crippen molar-refractivity contribution in [1.29, 1.82) is 0 Å². The highest BCUT2D eigenvalue weighted by atomic mass is 35.5. The van der Waals surface area contributed by atoms with Gasteiger partial charge in [0.05, 0.1) is 5.69 Å². The average molecular weight is 405 g/mol. The van der Waals surface area contributed by atoms with Crippen molar-refractivity contribution < 1.29 is 9.59 Å². The molecule has 3 rings (SSSR count). The fourth-order valence-electron chi connectivity index (χ4n) is 2.64. The summed E-state index contributed by atoms with van der Waals surface area (Å²) in [5, 5.41) is 2.85. The van der Waals surface area contributed by atoms with E-state index < -0.39 is 5.25 Å². The molecule has 1 atom stereocenters. The number of rotatable bonds is 4. The molecule has 1 unspecified atom stereocenters. The van der Waals surface area contributed by atoms with Crippen LogP contribution in [0.1, 0.15) is 17.5 Å². The number of thioether (sulfide) groups is 1. The molecule has 1 fully saturated rings. The van der Waals surface area contributed by atoms with Crippen molar-refractivity contribution in [3.63, 3.8) is 0 Å². The Labute approximate surface area is 166 Å². The molecular weight excluding hydrogens is 388 g/mol. The second-order valence-corrected chi connectivity index (χ2v) is 8.35. The van der Waals surface area contributed by atoms with Crippen LogP contribution in [0.5, 0.6) is 0 Å². The van der Waals surface area contributed by atoms with Crippen molar-refractivity contribution in [3.05, 3.63) is 58.6 Å². The number of hydrogen-bond acceptors (Lipinski definition) is 4. The molecule has 4 nitrogen and oxygen atoms in total. The summed E-state index contributed by atoms with van der Waals surface area (Å²) in [6.07, 6.45) is 0.0530. The fraction of sp³-hybridized carbons (Fsp3) is 0.211. The zero-order chi connectivity index (χ0) is 18.8. The summed E-state index contributed by atoms with van der Waals surface area (Å²) in [7, 11) is 0. The molecule has 1 N–H and O–H groups in total. The van der Waals surface area contributed by atoms with Gasteiger partial charge < -0.3 is 5.32 Å². The molecule has 0 spiro atoms. The maximum absolute atomic E-state index is 12.7. The molecule has 1 saturated heterocycles. The van der Waals surface area contributed by atoms with Crippen LogP contribution in [0.15, 0.2) is 42.5 Å². The lowest BCUT2D eigenvalue weighted by atomic mass is 10.2. The minimum absolute atomic E-state index is 0.0530. The van der Waals surface area contributed by atoms with Crippen molar-refractivity contribution in [2.75, 3.05) is 10.2 Å². The Hall–Kier alpha value is -1.89. The predicted octanol–water partition coefficient (Wildman–Crippen LogP) is 4.72. The summed E-state index contributed by atoms with van der Waals surface area (Å²) in [5.74, 6) is -0.410. The molecule has 2 aromatic rings. The van der Waals surface area contributed by atoms with Gasteiger partial charge in [-0.1, -0.05) is 53.8 Å². The third kappa shape index (κ3) is 4.09. The minimum atomic E-state index is -0.524. The monoisotopic (exact) mass is 404 g/mol. The average Bonchev–Trinajstić information content (AvgIpc) is 2.84. The molecule has 0 aliphatic carbocycles. The van der Waals surface area contributed by atoms with E-state index in [1.54, 1.807) is 12.1 Å². The van der Waals surface area contributed by atoms with Crippen molar-refractivity contribution in [3.8, 4) is 0 Å². The highest BCUT2D eigenvalue weighted by Gasteiger charge is 2.39. The van der Waals surface area contributed by atoms with Gasteiger partial charge in [0.1, 0.15) is 9.57 Å². The molecule has 2 amide bonds. The van der Waals surface area contributed by atoms with Crippen LogP contribution in [0.2, 0.25) is 5.02 Å². The quantitative estimate of drug-likeness (QED) is 0.749. The van der Waals surface area contributed by atoms with Crippen molar-refractivity contribution >= 4 is 63.1 Å². The van der Waals surface area contributed by atoms with Crippen molar-refractivity contribution in [2.24, 2.45) is 0 Å². The number of carbonyl (C=O) groups is 2. The first-order valence-electron chi connectivity index (χ1n) is 8.02. The van der Waals surface area contributed by atoms with E-state index in [2.05, 4.69) is 5.32 Å².